The number of rotatable bonds is 3. The normalized spacial score (nSPS) is 12.9. The van der Waals surface area contributed by atoms with Crippen molar-refractivity contribution in [3.63, 3.8) is 0 Å². The molecular formula is C39H26. The molecule has 0 nitrogen and oxygen atoms in total. The Morgan fingerprint density at radius 2 is 0.949 bits per heavy atom. The summed E-state index contributed by atoms with van der Waals surface area (Å²) in [5.41, 5.74) is 10.8. The number of hydrogen-bond acceptors (Lipinski definition) is 0. The maximum absolute atomic E-state index is 2.35. The van der Waals surface area contributed by atoms with E-state index in [1.807, 2.05) is 0 Å². The van der Waals surface area contributed by atoms with Gasteiger partial charge in [-0.25, -0.2) is 0 Å². The van der Waals surface area contributed by atoms with E-state index in [-0.39, 0.29) is 0 Å². The molecule has 0 heterocycles. The Labute approximate surface area is 228 Å². The summed E-state index contributed by atoms with van der Waals surface area (Å²) >= 11 is 0. The van der Waals surface area contributed by atoms with Crippen LogP contribution in [0.4, 0.5) is 0 Å². The molecule has 0 amide bonds. The highest BCUT2D eigenvalue weighted by atomic mass is 14.3. The summed E-state index contributed by atoms with van der Waals surface area (Å²) in [6, 6.07) is 53.4. The molecule has 182 valence electrons. The smallest absolute Gasteiger partial charge is 0.000683 e. The minimum atomic E-state index is 0.934. The van der Waals surface area contributed by atoms with E-state index in [1.165, 1.54) is 76.8 Å². The predicted octanol–water partition coefficient (Wildman–Crippen LogP) is 10.3. The van der Waals surface area contributed by atoms with Crippen LogP contribution in [0.1, 0.15) is 22.3 Å². The van der Waals surface area contributed by atoms with Crippen molar-refractivity contribution < 1.29 is 0 Å². The molecule has 0 atom stereocenters. The largest absolute Gasteiger partial charge is 0.0622 e. The molecule has 0 saturated carbocycles. The standard InChI is InChI=1S/C39H26/c1-2-13-27(14-3-1)37-31-17-7-6-16-29(31)25-36(37)39-34-20-10-8-18-32(34)38(33-19-9-11-21-35(33)39)30-23-22-26-12-4-5-15-28(26)24-30/h1-24H,25H2. The molecule has 0 heteroatoms. The van der Waals surface area contributed by atoms with Crippen molar-refractivity contribution in [1.29, 1.82) is 0 Å². The Balaban J connectivity index is 1.50. The summed E-state index contributed by atoms with van der Waals surface area (Å²) in [6.07, 6.45) is 0.934. The average Bonchev–Trinajstić information content (AvgIpc) is 3.39. The van der Waals surface area contributed by atoms with E-state index >= 15 is 0 Å². The van der Waals surface area contributed by atoms with Gasteiger partial charge in [0.05, 0.1) is 0 Å². The zero-order chi connectivity index (χ0) is 25.8. The van der Waals surface area contributed by atoms with E-state index in [1.54, 1.807) is 0 Å². The Hall–Kier alpha value is -4.94. The van der Waals surface area contributed by atoms with Crippen molar-refractivity contribution in [1.82, 2.24) is 0 Å². The van der Waals surface area contributed by atoms with Gasteiger partial charge in [0, 0.05) is 0 Å². The molecule has 1 aliphatic rings. The summed E-state index contributed by atoms with van der Waals surface area (Å²) in [5.74, 6) is 0. The van der Waals surface area contributed by atoms with Gasteiger partial charge in [0.1, 0.15) is 0 Å². The van der Waals surface area contributed by atoms with Gasteiger partial charge in [-0.1, -0.05) is 140 Å². The first-order chi connectivity index (χ1) is 19.4. The lowest BCUT2D eigenvalue weighted by molar-refractivity contribution is 1.33. The Morgan fingerprint density at radius 1 is 0.385 bits per heavy atom. The van der Waals surface area contributed by atoms with Crippen molar-refractivity contribution in [3.8, 4) is 11.1 Å². The Bertz CT molecular complexity index is 2020. The summed E-state index contributed by atoms with van der Waals surface area (Å²) in [4.78, 5) is 0. The molecule has 0 fully saturated rings. The number of allylic oxidation sites excluding steroid dienone is 1. The highest BCUT2D eigenvalue weighted by Crippen LogP contribution is 2.48. The van der Waals surface area contributed by atoms with Gasteiger partial charge in [0.2, 0.25) is 0 Å². The minimum Gasteiger partial charge on any atom is -0.0622 e. The molecule has 8 rings (SSSR count). The molecule has 7 aromatic carbocycles. The molecule has 39 heavy (non-hydrogen) atoms. The van der Waals surface area contributed by atoms with Crippen LogP contribution in [0.5, 0.6) is 0 Å². The molecule has 0 saturated heterocycles. The molecule has 0 unspecified atom stereocenters. The van der Waals surface area contributed by atoms with E-state index in [4.69, 9.17) is 0 Å². The number of hydrogen-bond donors (Lipinski definition) is 0. The van der Waals surface area contributed by atoms with E-state index in [0.29, 0.717) is 0 Å². The monoisotopic (exact) mass is 494 g/mol. The third kappa shape index (κ3) is 3.46. The van der Waals surface area contributed by atoms with E-state index < -0.39 is 0 Å². The molecule has 1 aliphatic carbocycles. The zero-order valence-corrected chi connectivity index (χ0v) is 21.6. The third-order valence-electron chi connectivity index (χ3n) is 8.29. The first-order valence-electron chi connectivity index (χ1n) is 13.7. The summed E-state index contributed by atoms with van der Waals surface area (Å²) in [6.45, 7) is 0. The summed E-state index contributed by atoms with van der Waals surface area (Å²) < 4.78 is 0. The second kappa shape index (κ2) is 8.82. The van der Waals surface area contributed by atoms with Gasteiger partial charge in [-0.05, 0) is 89.3 Å². The van der Waals surface area contributed by atoms with Crippen LogP contribution < -0.4 is 0 Å². The molecule has 0 bridgehead atoms. The van der Waals surface area contributed by atoms with Crippen molar-refractivity contribution in [3.05, 3.63) is 168 Å². The van der Waals surface area contributed by atoms with Crippen LogP contribution in [0.2, 0.25) is 0 Å². The van der Waals surface area contributed by atoms with Crippen molar-refractivity contribution in [2.24, 2.45) is 0 Å². The van der Waals surface area contributed by atoms with Crippen LogP contribution in [0.25, 0.3) is 54.6 Å². The summed E-state index contributed by atoms with van der Waals surface area (Å²) in [5, 5.41) is 7.78. The first-order valence-corrected chi connectivity index (χ1v) is 13.7. The first kappa shape index (κ1) is 22.1. The number of benzene rings is 7. The molecule has 0 radical (unpaired) electrons. The Morgan fingerprint density at radius 3 is 1.67 bits per heavy atom. The van der Waals surface area contributed by atoms with Gasteiger partial charge in [-0.15, -0.1) is 0 Å². The number of fused-ring (bicyclic) bond motifs is 4. The van der Waals surface area contributed by atoms with Gasteiger partial charge < -0.3 is 0 Å². The van der Waals surface area contributed by atoms with E-state index in [9.17, 15) is 0 Å². The maximum Gasteiger partial charge on any atom is -0.000683 e. The third-order valence-corrected chi connectivity index (χ3v) is 8.29. The second-order valence-electron chi connectivity index (χ2n) is 10.5. The van der Waals surface area contributed by atoms with Gasteiger partial charge in [0.15, 0.2) is 0 Å². The average molecular weight is 495 g/mol. The lowest BCUT2D eigenvalue weighted by Crippen LogP contribution is -1.96. The lowest BCUT2D eigenvalue weighted by Gasteiger charge is -2.20. The SMILES string of the molecule is c1ccc(C2=C(c3c4ccccc4c(-c4ccc5ccccc5c4)c4ccccc34)Cc3ccccc32)cc1. The second-order valence-corrected chi connectivity index (χ2v) is 10.5. The van der Waals surface area contributed by atoms with Crippen LogP contribution in [-0.4, -0.2) is 0 Å². The quantitative estimate of drug-likeness (QED) is 0.214. The van der Waals surface area contributed by atoms with Crippen molar-refractivity contribution >= 4 is 43.5 Å². The fourth-order valence-electron chi connectivity index (χ4n) is 6.62. The van der Waals surface area contributed by atoms with Gasteiger partial charge in [0.25, 0.3) is 0 Å². The van der Waals surface area contributed by atoms with Crippen LogP contribution in [0, 0.1) is 0 Å². The van der Waals surface area contributed by atoms with Crippen molar-refractivity contribution in [2.75, 3.05) is 0 Å². The van der Waals surface area contributed by atoms with Gasteiger partial charge in [-0.3, -0.25) is 0 Å². The fourth-order valence-corrected chi connectivity index (χ4v) is 6.62. The van der Waals surface area contributed by atoms with Crippen LogP contribution >= 0.6 is 0 Å². The van der Waals surface area contributed by atoms with E-state index in [2.05, 4.69) is 146 Å². The summed E-state index contributed by atoms with van der Waals surface area (Å²) in [7, 11) is 0. The molecule has 0 aliphatic heterocycles. The molecule has 0 spiro atoms. The highest BCUT2D eigenvalue weighted by Gasteiger charge is 2.27. The van der Waals surface area contributed by atoms with Crippen LogP contribution in [-0.2, 0) is 6.42 Å². The molecule has 0 N–H and O–H groups in total. The topological polar surface area (TPSA) is 0 Å². The van der Waals surface area contributed by atoms with Crippen molar-refractivity contribution in [2.45, 2.75) is 6.42 Å². The maximum atomic E-state index is 2.35. The minimum absolute atomic E-state index is 0.934. The Kier molecular flexibility index (Phi) is 5.00. The van der Waals surface area contributed by atoms with Crippen LogP contribution in [0.15, 0.2) is 146 Å². The van der Waals surface area contributed by atoms with Gasteiger partial charge in [-0.2, -0.15) is 0 Å². The predicted molar refractivity (Wildman–Crippen MR) is 167 cm³/mol. The zero-order valence-electron chi connectivity index (χ0n) is 21.6. The molecule has 7 aromatic rings. The highest BCUT2D eigenvalue weighted by molar-refractivity contribution is 6.22. The fraction of sp³-hybridized carbons (Fsp3) is 0.0256. The molecule has 0 aromatic heterocycles. The lowest BCUT2D eigenvalue weighted by atomic mass is 9.83. The van der Waals surface area contributed by atoms with E-state index in [0.717, 1.165) is 6.42 Å². The molecular weight excluding hydrogens is 468 g/mol. The van der Waals surface area contributed by atoms with Gasteiger partial charge >= 0.3 is 0 Å². The van der Waals surface area contributed by atoms with Crippen LogP contribution in [0.3, 0.4) is 0 Å².